The van der Waals surface area contributed by atoms with Crippen molar-refractivity contribution in [1.82, 2.24) is 0 Å². The van der Waals surface area contributed by atoms with E-state index in [2.05, 4.69) is 18.0 Å². The van der Waals surface area contributed by atoms with Crippen LogP contribution in [0.3, 0.4) is 0 Å². The highest BCUT2D eigenvalue weighted by Crippen LogP contribution is 2.29. The zero-order chi connectivity index (χ0) is 16.8. The Bertz CT molecular complexity index is 685. The van der Waals surface area contributed by atoms with Gasteiger partial charge in [-0.05, 0) is 54.6 Å². The highest BCUT2D eigenvalue weighted by molar-refractivity contribution is 8.38. The van der Waals surface area contributed by atoms with Crippen LogP contribution in [0.15, 0.2) is 47.5 Å². The third-order valence-corrected chi connectivity index (χ3v) is 5.39. The maximum absolute atomic E-state index is 13.0. The third-order valence-electron chi connectivity index (χ3n) is 3.33. The molecule has 6 heteroatoms. The fourth-order valence-corrected chi connectivity index (χ4v) is 3.76. The number of hydrogen-bond acceptors (Lipinski definition) is 5. The van der Waals surface area contributed by atoms with Gasteiger partial charge in [0, 0.05) is 12.8 Å². The van der Waals surface area contributed by atoms with E-state index in [1.54, 1.807) is 40.7 Å². The van der Waals surface area contributed by atoms with Crippen LogP contribution in [0.5, 0.6) is 0 Å². The van der Waals surface area contributed by atoms with Crippen LogP contribution < -0.4 is 10.9 Å². The SMILES string of the molecule is CSC(=Nc1ccc(F)cc1)SCc1c(C)cccc1N(C)N. The molecule has 0 saturated carbocycles. The van der Waals surface area contributed by atoms with Gasteiger partial charge >= 0.3 is 0 Å². The lowest BCUT2D eigenvalue weighted by molar-refractivity contribution is 0.628. The molecule has 23 heavy (non-hydrogen) atoms. The minimum atomic E-state index is -0.252. The van der Waals surface area contributed by atoms with Gasteiger partial charge in [-0.1, -0.05) is 23.9 Å². The summed E-state index contributed by atoms with van der Waals surface area (Å²) in [6.45, 7) is 2.08. The first kappa shape index (κ1) is 17.8. The molecule has 122 valence electrons. The summed E-state index contributed by atoms with van der Waals surface area (Å²) in [5.74, 6) is 6.44. The van der Waals surface area contributed by atoms with Gasteiger partial charge in [0.15, 0.2) is 0 Å². The smallest absolute Gasteiger partial charge is 0.130 e. The van der Waals surface area contributed by atoms with Gasteiger partial charge in [0.2, 0.25) is 0 Å². The van der Waals surface area contributed by atoms with E-state index in [0.717, 1.165) is 21.5 Å². The molecule has 0 aromatic heterocycles. The number of halogens is 1. The van der Waals surface area contributed by atoms with E-state index in [4.69, 9.17) is 5.84 Å². The van der Waals surface area contributed by atoms with Crippen LogP contribution in [0.25, 0.3) is 0 Å². The van der Waals surface area contributed by atoms with Crippen LogP contribution in [-0.2, 0) is 5.75 Å². The van der Waals surface area contributed by atoms with E-state index in [9.17, 15) is 4.39 Å². The van der Waals surface area contributed by atoms with Crippen molar-refractivity contribution >= 4 is 39.3 Å². The lowest BCUT2D eigenvalue weighted by Gasteiger charge is -2.18. The Kier molecular flexibility index (Phi) is 6.50. The average Bonchev–Trinajstić information content (AvgIpc) is 2.53. The molecule has 0 aliphatic rings. The number of nitrogens with two attached hydrogens (primary N) is 1. The monoisotopic (exact) mass is 349 g/mol. The van der Waals surface area contributed by atoms with Gasteiger partial charge < -0.3 is 5.01 Å². The summed E-state index contributed by atoms with van der Waals surface area (Å²) in [6.07, 6.45) is 1.99. The van der Waals surface area contributed by atoms with Crippen molar-refractivity contribution < 1.29 is 4.39 Å². The standard InChI is InChI=1S/C17H20FN3S2/c1-12-5-4-6-16(21(2)19)15(12)11-23-17(22-3)20-14-9-7-13(18)8-10-14/h4-10H,11,19H2,1-3H3. The van der Waals surface area contributed by atoms with Crippen molar-refractivity contribution in [2.45, 2.75) is 12.7 Å². The van der Waals surface area contributed by atoms with Gasteiger partial charge in [-0.3, -0.25) is 0 Å². The van der Waals surface area contributed by atoms with E-state index < -0.39 is 0 Å². The maximum atomic E-state index is 13.0. The van der Waals surface area contributed by atoms with Gasteiger partial charge in [-0.2, -0.15) is 0 Å². The second kappa shape index (κ2) is 8.38. The van der Waals surface area contributed by atoms with Gasteiger partial charge in [0.25, 0.3) is 0 Å². The molecule has 0 radical (unpaired) electrons. The number of hydrogen-bond donors (Lipinski definition) is 1. The molecule has 0 heterocycles. The summed E-state index contributed by atoms with van der Waals surface area (Å²) in [7, 11) is 1.84. The molecule has 0 fully saturated rings. The predicted octanol–water partition coefficient (Wildman–Crippen LogP) is 4.73. The van der Waals surface area contributed by atoms with Gasteiger partial charge in [0.05, 0.1) is 11.4 Å². The topological polar surface area (TPSA) is 41.6 Å². The minimum absolute atomic E-state index is 0.252. The molecule has 2 rings (SSSR count). The summed E-state index contributed by atoms with van der Waals surface area (Å²) >= 11 is 3.24. The number of nitrogens with zero attached hydrogens (tertiary/aromatic N) is 2. The van der Waals surface area contributed by atoms with E-state index >= 15 is 0 Å². The Balaban J connectivity index is 2.16. The molecule has 2 aromatic rings. The minimum Gasteiger partial charge on any atom is -0.314 e. The molecule has 0 aliphatic carbocycles. The number of rotatable bonds is 4. The van der Waals surface area contributed by atoms with Crippen molar-refractivity contribution in [3.8, 4) is 0 Å². The zero-order valence-corrected chi connectivity index (χ0v) is 15.0. The van der Waals surface area contributed by atoms with Crippen LogP contribution in [-0.4, -0.2) is 17.7 Å². The van der Waals surface area contributed by atoms with E-state index in [1.165, 1.54) is 23.3 Å². The lowest BCUT2D eigenvalue weighted by Crippen LogP contribution is -2.26. The maximum Gasteiger partial charge on any atom is 0.130 e. The molecule has 2 N–H and O–H groups in total. The molecule has 0 amide bonds. The second-order valence-electron chi connectivity index (χ2n) is 5.03. The normalized spacial score (nSPS) is 11.6. The third kappa shape index (κ3) is 4.99. The molecule has 0 aliphatic heterocycles. The molecule has 0 spiro atoms. The quantitative estimate of drug-likeness (QED) is 0.375. The Morgan fingerprint density at radius 1 is 1.22 bits per heavy atom. The lowest BCUT2D eigenvalue weighted by atomic mass is 10.1. The van der Waals surface area contributed by atoms with Crippen molar-refractivity contribution in [2.24, 2.45) is 10.8 Å². The Hall–Kier alpha value is -1.50. The van der Waals surface area contributed by atoms with Crippen molar-refractivity contribution in [3.63, 3.8) is 0 Å². The summed E-state index contributed by atoms with van der Waals surface area (Å²) in [4.78, 5) is 4.57. The first-order valence-corrected chi connectivity index (χ1v) is 9.30. The summed E-state index contributed by atoms with van der Waals surface area (Å²) in [5.41, 5.74) is 4.17. The fourth-order valence-electron chi connectivity index (χ4n) is 2.10. The number of hydrazine groups is 1. The number of aryl methyl sites for hydroxylation is 1. The highest BCUT2D eigenvalue weighted by atomic mass is 32.2. The van der Waals surface area contributed by atoms with E-state index in [0.29, 0.717) is 0 Å². The Morgan fingerprint density at radius 3 is 2.52 bits per heavy atom. The number of aliphatic imine (C=N–C) groups is 1. The van der Waals surface area contributed by atoms with Crippen LogP contribution in [0.1, 0.15) is 11.1 Å². The van der Waals surface area contributed by atoms with E-state index in [-0.39, 0.29) is 5.82 Å². The van der Waals surface area contributed by atoms with Crippen LogP contribution in [0, 0.1) is 12.7 Å². The Labute approximate surface area is 145 Å². The largest absolute Gasteiger partial charge is 0.314 e. The molecule has 3 nitrogen and oxygen atoms in total. The van der Waals surface area contributed by atoms with Gasteiger partial charge in [-0.15, -0.1) is 11.8 Å². The molecule has 0 saturated heterocycles. The van der Waals surface area contributed by atoms with Gasteiger partial charge in [0.1, 0.15) is 10.2 Å². The summed E-state index contributed by atoms with van der Waals surface area (Å²) in [5, 5.41) is 1.64. The summed E-state index contributed by atoms with van der Waals surface area (Å²) in [6, 6.07) is 12.3. The van der Waals surface area contributed by atoms with Crippen molar-refractivity contribution in [1.29, 1.82) is 0 Å². The molecular weight excluding hydrogens is 329 g/mol. The molecule has 0 unspecified atom stereocenters. The van der Waals surface area contributed by atoms with Crippen molar-refractivity contribution in [3.05, 3.63) is 59.4 Å². The molecule has 2 aromatic carbocycles. The number of thioether (sulfide) groups is 2. The molecule has 0 atom stereocenters. The average molecular weight is 350 g/mol. The van der Waals surface area contributed by atoms with Crippen LogP contribution in [0.2, 0.25) is 0 Å². The number of benzene rings is 2. The predicted molar refractivity (Wildman–Crippen MR) is 102 cm³/mol. The molecule has 0 bridgehead atoms. The first-order chi connectivity index (χ1) is 11.0. The highest BCUT2D eigenvalue weighted by Gasteiger charge is 2.10. The Morgan fingerprint density at radius 2 is 1.91 bits per heavy atom. The molecular formula is C17H20FN3S2. The van der Waals surface area contributed by atoms with E-state index in [1.807, 2.05) is 25.4 Å². The number of anilines is 1. The first-order valence-electron chi connectivity index (χ1n) is 7.09. The second-order valence-corrected chi connectivity index (χ2v) is 7.05. The summed E-state index contributed by atoms with van der Waals surface area (Å²) < 4.78 is 13.9. The van der Waals surface area contributed by atoms with Crippen LogP contribution >= 0.6 is 23.5 Å². The van der Waals surface area contributed by atoms with Crippen LogP contribution in [0.4, 0.5) is 15.8 Å². The fraction of sp³-hybridized carbons (Fsp3) is 0.235. The van der Waals surface area contributed by atoms with Crippen molar-refractivity contribution in [2.75, 3.05) is 18.3 Å². The zero-order valence-electron chi connectivity index (χ0n) is 13.4. The van der Waals surface area contributed by atoms with Gasteiger partial charge in [-0.25, -0.2) is 15.2 Å².